The molecule has 1 aromatic heterocycles. The van der Waals surface area contributed by atoms with Crippen LogP contribution in [0.2, 0.25) is 0 Å². The Balaban J connectivity index is 1.58. The van der Waals surface area contributed by atoms with Crippen molar-refractivity contribution in [3.05, 3.63) is 52.5 Å². The predicted octanol–water partition coefficient (Wildman–Crippen LogP) is 5.74. The molecule has 0 aliphatic carbocycles. The molecule has 2 heterocycles. The lowest BCUT2D eigenvalue weighted by atomic mass is 9.91. The Labute approximate surface area is 157 Å². The first kappa shape index (κ1) is 16.8. The van der Waals surface area contributed by atoms with E-state index in [2.05, 4.69) is 52.9 Å². The SMILES string of the molecule is C[C@@H]1C[C@H](C)CN(Cc2ccc3oc(-c4cccc(Br)c4)nc3c2)C1. The molecule has 25 heavy (non-hydrogen) atoms. The van der Waals surface area contributed by atoms with Crippen LogP contribution in [0.15, 0.2) is 51.4 Å². The fraction of sp³-hybridized carbons (Fsp3) is 0.381. The highest BCUT2D eigenvalue weighted by Gasteiger charge is 2.21. The van der Waals surface area contributed by atoms with E-state index in [1.165, 1.54) is 25.1 Å². The van der Waals surface area contributed by atoms with Crippen LogP contribution in [-0.2, 0) is 6.54 Å². The molecule has 0 radical (unpaired) electrons. The number of hydrogen-bond acceptors (Lipinski definition) is 3. The molecular formula is C21H23BrN2O. The van der Waals surface area contributed by atoms with Gasteiger partial charge in [0, 0.05) is 29.7 Å². The Kier molecular flexibility index (Phi) is 4.65. The Morgan fingerprint density at radius 2 is 1.92 bits per heavy atom. The van der Waals surface area contributed by atoms with Gasteiger partial charge in [-0.3, -0.25) is 4.90 Å². The summed E-state index contributed by atoms with van der Waals surface area (Å²) in [5.41, 5.74) is 4.08. The van der Waals surface area contributed by atoms with Crippen molar-refractivity contribution in [3.8, 4) is 11.5 Å². The summed E-state index contributed by atoms with van der Waals surface area (Å²) in [7, 11) is 0. The van der Waals surface area contributed by atoms with Crippen molar-refractivity contribution in [2.75, 3.05) is 13.1 Å². The van der Waals surface area contributed by atoms with Gasteiger partial charge in [0.15, 0.2) is 5.58 Å². The largest absolute Gasteiger partial charge is 0.436 e. The van der Waals surface area contributed by atoms with E-state index >= 15 is 0 Å². The smallest absolute Gasteiger partial charge is 0.227 e. The van der Waals surface area contributed by atoms with Crippen molar-refractivity contribution < 1.29 is 4.42 Å². The first-order valence-electron chi connectivity index (χ1n) is 8.94. The molecule has 0 amide bonds. The zero-order valence-corrected chi connectivity index (χ0v) is 16.3. The third kappa shape index (κ3) is 3.80. The molecule has 1 saturated heterocycles. The molecule has 3 nitrogen and oxygen atoms in total. The molecule has 4 heteroatoms. The number of fused-ring (bicyclic) bond motifs is 1. The third-order valence-corrected chi connectivity index (χ3v) is 5.37. The molecule has 3 aromatic rings. The van der Waals surface area contributed by atoms with E-state index in [1.807, 2.05) is 24.3 Å². The zero-order valence-electron chi connectivity index (χ0n) is 14.7. The Hall–Kier alpha value is -1.65. The van der Waals surface area contributed by atoms with Crippen molar-refractivity contribution in [3.63, 3.8) is 0 Å². The summed E-state index contributed by atoms with van der Waals surface area (Å²) in [5.74, 6) is 2.24. The van der Waals surface area contributed by atoms with Gasteiger partial charge in [0.2, 0.25) is 5.89 Å². The quantitative estimate of drug-likeness (QED) is 0.563. The number of rotatable bonds is 3. The fourth-order valence-corrected chi connectivity index (χ4v) is 4.39. The molecule has 0 N–H and O–H groups in total. The molecule has 1 aliphatic rings. The van der Waals surface area contributed by atoms with Crippen molar-refractivity contribution in [1.29, 1.82) is 0 Å². The summed E-state index contributed by atoms with van der Waals surface area (Å²) >= 11 is 3.50. The molecule has 130 valence electrons. The molecule has 0 bridgehead atoms. The van der Waals surface area contributed by atoms with Crippen LogP contribution < -0.4 is 0 Å². The van der Waals surface area contributed by atoms with Crippen LogP contribution in [0.3, 0.4) is 0 Å². The topological polar surface area (TPSA) is 29.3 Å². The van der Waals surface area contributed by atoms with E-state index in [4.69, 9.17) is 9.40 Å². The van der Waals surface area contributed by atoms with Crippen molar-refractivity contribution in [2.24, 2.45) is 11.8 Å². The average molecular weight is 399 g/mol. The maximum Gasteiger partial charge on any atom is 0.227 e. The number of halogens is 1. The van der Waals surface area contributed by atoms with Crippen molar-refractivity contribution in [2.45, 2.75) is 26.8 Å². The minimum atomic E-state index is 0.675. The van der Waals surface area contributed by atoms with E-state index in [0.717, 1.165) is 39.5 Å². The van der Waals surface area contributed by atoms with Gasteiger partial charge in [-0.15, -0.1) is 0 Å². The van der Waals surface area contributed by atoms with Gasteiger partial charge in [0.1, 0.15) is 5.52 Å². The van der Waals surface area contributed by atoms with Crippen LogP contribution in [0.5, 0.6) is 0 Å². The molecule has 0 unspecified atom stereocenters. The lowest BCUT2D eigenvalue weighted by molar-refractivity contribution is 0.134. The maximum atomic E-state index is 5.94. The van der Waals surface area contributed by atoms with E-state index in [0.29, 0.717) is 5.89 Å². The standard InChI is InChI=1S/C21H23BrN2O/c1-14-8-15(2)12-24(11-14)13-16-6-7-20-19(9-16)23-21(25-20)17-4-3-5-18(22)10-17/h3-7,9-10,14-15H,8,11-13H2,1-2H3/t14-,15+. The number of piperidine rings is 1. The van der Waals surface area contributed by atoms with Gasteiger partial charge in [0.05, 0.1) is 0 Å². The first-order chi connectivity index (χ1) is 12.1. The van der Waals surface area contributed by atoms with E-state index in [1.54, 1.807) is 0 Å². The van der Waals surface area contributed by atoms with Crippen LogP contribution in [0.1, 0.15) is 25.8 Å². The average Bonchev–Trinajstić information content (AvgIpc) is 2.97. The van der Waals surface area contributed by atoms with Crippen molar-refractivity contribution in [1.82, 2.24) is 9.88 Å². The van der Waals surface area contributed by atoms with Gasteiger partial charge in [-0.1, -0.05) is 41.9 Å². The number of oxazole rings is 1. The number of benzene rings is 2. The molecule has 2 aromatic carbocycles. The lowest BCUT2D eigenvalue weighted by Crippen LogP contribution is -2.38. The van der Waals surface area contributed by atoms with Gasteiger partial charge >= 0.3 is 0 Å². The van der Waals surface area contributed by atoms with Crippen LogP contribution in [0.4, 0.5) is 0 Å². The number of hydrogen-bond donors (Lipinski definition) is 0. The van der Waals surface area contributed by atoms with Gasteiger partial charge < -0.3 is 4.42 Å². The highest BCUT2D eigenvalue weighted by Crippen LogP contribution is 2.28. The Morgan fingerprint density at radius 3 is 2.68 bits per heavy atom. The molecule has 2 atom stereocenters. The first-order valence-corrected chi connectivity index (χ1v) is 9.74. The van der Waals surface area contributed by atoms with Crippen LogP contribution >= 0.6 is 15.9 Å². The summed E-state index contributed by atoms with van der Waals surface area (Å²) in [6.45, 7) is 8.07. The minimum absolute atomic E-state index is 0.675. The fourth-order valence-electron chi connectivity index (χ4n) is 4.00. The van der Waals surface area contributed by atoms with Crippen LogP contribution in [-0.4, -0.2) is 23.0 Å². The van der Waals surface area contributed by atoms with E-state index in [9.17, 15) is 0 Å². The monoisotopic (exact) mass is 398 g/mol. The summed E-state index contributed by atoms with van der Waals surface area (Å²) in [5, 5.41) is 0. The molecular weight excluding hydrogens is 376 g/mol. The van der Waals surface area contributed by atoms with Gasteiger partial charge in [-0.2, -0.15) is 0 Å². The van der Waals surface area contributed by atoms with E-state index < -0.39 is 0 Å². The van der Waals surface area contributed by atoms with Crippen LogP contribution in [0.25, 0.3) is 22.6 Å². The number of aromatic nitrogens is 1. The second-order valence-corrected chi connectivity index (χ2v) is 8.39. The van der Waals surface area contributed by atoms with E-state index in [-0.39, 0.29) is 0 Å². The normalized spacial score (nSPS) is 21.7. The molecule has 1 fully saturated rings. The minimum Gasteiger partial charge on any atom is -0.436 e. The summed E-state index contributed by atoms with van der Waals surface area (Å²) < 4.78 is 6.97. The number of nitrogens with zero attached hydrogens (tertiary/aromatic N) is 2. The molecule has 0 saturated carbocycles. The lowest BCUT2D eigenvalue weighted by Gasteiger charge is -2.34. The summed E-state index contributed by atoms with van der Waals surface area (Å²) in [6, 6.07) is 14.4. The zero-order chi connectivity index (χ0) is 17.4. The van der Waals surface area contributed by atoms with Crippen LogP contribution in [0, 0.1) is 11.8 Å². The third-order valence-electron chi connectivity index (χ3n) is 4.87. The highest BCUT2D eigenvalue weighted by molar-refractivity contribution is 9.10. The predicted molar refractivity (Wildman–Crippen MR) is 105 cm³/mol. The molecule has 1 aliphatic heterocycles. The second kappa shape index (κ2) is 6.93. The maximum absolute atomic E-state index is 5.94. The Bertz CT molecular complexity index is 878. The summed E-state index contributed by atoms with van der Waals surface area (Å²) in [4.78, 5) is 7.27. The van der Waals surface area contributed by atoms with Gasteiger partial charge in [0.25, 0.3) is 0 Å². The molecule has 0 spiro atoms. The second-order valence-electron chi connectivity index (χ2n) is 7.47. The van der Waals surface area contributed by atoms with Crippen molar-refractivity contribution >= 4 is 27.0 Å². The highest BCUT2D eigenvalue weighted by atomic mass is 79.9. The van der Waals surface area contributed by atoms with Gasteiger partial charge in [-0.25, -0.2) is 4.98 Å². The number of likely N-dealkylation sites (tertiary alicyclic amines) is 1. The van der Waals surface area contributed by atoms with Gasteiger partial charge in [-0.05, 0) is 54.2 Å². The summed E-state index contributed by atoms with van der Waals surface area (Å²) in [6.07, 6.45) is 1.34. The Morgan fingerprint density at radius 1 is 1.12 bits per heavy atom. The molecule has 4 rings (SSSR count).